The maximum absolute atomic E-state index is 13.2. The Balaban J connectivity index is 2.30. The van der Waals surface area contributed by atoms with E-state index in [9.17, 15) is 9.59 Å². The molecule has 2 aromatic carbocycles. The molecule has 0 bridgehead atoms. The van der Waals surface area contributed by atoms with Crippen molar-refractivity contribution in [2.45, 2.75) is 52.2 Å². The van der Waals surface area contributed by atoms with Crippen LogP contribution in [0, 0.1) is 0 Å². The predicted molar refractivity (Wildman–Crippen MR) is 116 cm³/mol. The molecule has 1 atom stereocenters. The minimum absolute atomic E-state index is 0.00147. The molecule has 0 heterocycles. The van der Waals surface area contributed by atoms with E-state index in [0.717, 1.165) is 11.1 Å². The topological polar surface area (TPSA) is 58.6 Å². The number of nitrogens with zero attached hydrogens (tertiary/aromatic N) is 1. The van der Waals surface area contributed by atoms with Crippen molar-refractivity contribution in [3.8, 4) is 5.75 Å². The van der Waals surface area contributed by atoms with Crippen LogP contribution < -0.4 is 10.1 Å². The molecule has 2 amide bonds. The molecule has 156 valence electrons. The van der Waals surface area contributed by atoms with Crippen molar-refractivity contribution in [1.82, 2.24) is 10.2 Å². The van der Waals surface area contributed by atoms with Crippen molar-refractivity contribution in [1.29, 1.82) is 0 Å². The van der Waals surface area contributed by atoms with Crippen molar-refractivity contribution in [3.05, 3.63) is 64.7 Å². The molecule has 0 unspecified atom stereocenters. The average Bonchev–Trinajstić information content (AvgIpc) is 2.69. The molecule has 0 aliphatic rings. The van der Waals surface area contributed by atoms with Gasteiger partial charge in [0.1, 0.15) is 11.8 Å². The number of halogens is 1. The fourth-order valence-electron chi connectivity index (χ4n) is 3.15. The van der Waals surface area contributed by atoms with Gasteiger partial charge in [0, 0.05) is 17.6 Å². The molecule has 2 rings (SSSR count). The van der Waals surface area contributed by atoms with Crippen molar-refractivity contribution in [2.24, 2.45) is 0 Å². The Bertz CT molecular complexity index is 821. The van der Waals surface area contributed by atoms with E-state index >= 15 is 0 Å². The molecule has 0 spiro atoms. The molecule has 0 aliphatic heterocycles. The van der Waals surface area contributed by atoms with Gasteiger partial charge in [0.25, 0.3) is 0 Å². The Morgan fingerprint density at radius 1 is 1.10 bits per heavy atom. The van der Waals surface area contributed by atoms with Gasteiger partial charge in [0.05, 0.1) is 13.5 Å². The number of ether oxygens (including phenoxy) is 1. The maximum atomic E-state index is 13.2. The first-order valence-electron chi connectivity index (χ1n) is 9.81. The Kier molecular flexibility index (Phi) is 8.52. The first-order chi connectivity index (χ1) is 13.8. The van der Waals surface area contributed by atoms with Crippen LogP contribution in [0.5, 0.6) is 5.75 Å². The highest BCUT2D eigenvalue weighted by Crippen LogP contribution is 2.19. The van der Waals surface area contributed by atoms with Gasteiger partial charge in [0.15, 0.2) is 0 Å². The molecule has 0 fully saturated rings. The average molecular weight is 417 g/mol. The lowest BCUT2D eigenvalue weighted by atomic mass is 10.1. The highest BCUT2D eigenvalue weighted by Gasteiger charge is 2.29. The first kappa shape index (κ1) is 22.8. The van der Waals surface area contributed by atoms with E-state index in [1.54, 1.807) is 24.1 Å². The van der Waals surface area contributed by atoms with Crippen molar-refractivity contribution in [2.75, 3.05) is 7.11 Å². The molecule has 0 saturated heterocycles. The summed E-state index contributed by atoms with van der Waals surface area (Å²) in [5.41, 5.74) is 1.76. The van der Waals surface area contributed by atoms with Gasteiger partial charge in [-0.3, -0.25) is 9.59 Å². The number of rotatable bonds is 9. The number of carbonyl (C=O) groups is 2. The predicted octanol–water partition coefficient (Wildman–Crippen LogP) is 4.22. The third-order valence-corrected chi connectivity index (χ3v) is 4.82. The van der Waals surface area contributed by atoms with Crippen LogP contribution in [0.1, 0.15) is 38.3 Å². The van der Waals surface area contributed by atoms with Gasteiger partial charge >= 0.3 is 0 Å². The first-order valence-corrected chi connectivity index (χ1v) is 10.2. The smallest absolute Gasteiger partial charge is 0.243 e. The molecule has 5 nitrogen and oxygen atoms in total. The largest absolute Gasteiger partial charge is 0.497 e. The zero-order valence-corrected chi connectivity index (χ0v) is 18.2. The van der Waals surface area contributed by atoms with E-state index in [0.29, 0.717) is 23.7 Å². The van der Waals surface area contributed by atoms with Crippen molar-refractivity contribution < 1.29 is 14.3 Å². The van der Waals surface area contributed by atoms with Gasteiger partial charge in [-0.15, -0.1) is 0 Å². The lowest BCUT2D eigenvalue weighted by Crippen LogP contribution is -2.50. The van der Waals surface area contributed by atoms with Crippen LogP contribution in [0.3, 0.4) is 0 Å². The fraction of sp³-hybridized carbons (Fsp3) is 0.391. The highest BCUT2D eigenvalue weighted by molar-refractivity contribution is 6.30. The molecule has 2 aromatic rings. The third-order valence-electron chi connectivity index (χ3n) is 4.57. The molecule has 0 aromatic heterocycles. The van der Waals surface area contributed by atoms with Gasteiger partial charge in [-0.2, -0.15) is 0 Å². The highest BCUT2D eigenvalue weighted by atomic mass is 35.5. The van der Waals surface area contributed by atoms with Gasteiger partial charge in [0.2, 0.25) is 11.8 Å². The monoisotopic (exact) mass is 416 g/mol. The van der Waals surface area contributed by atoms with Crippen LogP contribution in [0.25, 0.3) is 0 Å². The van der Waals surface area contributed by atoms with E-state index in [1.165, 1.54) is 0 Å². The summed E-state index contributed by atoms with van der Waals surface area (Å²) in [6, 6.07) is 14.2. The molecule has 29 heavy (non-hydrogen) atoms. The lowest BCUT2D eigenvalue weighted by Gasteiger charge is -2.31. The van der Waals surface area contributed by atoms with Gasteiger partial charge in [-0.05, 0) is 55.7 Å². The second-order valence-corrected chi connectivity index (χ2v) is 7.70. The summed E-state index contributed by atoms with van der Waals surface area (Å²) in [5.74, 6) is 0.461. The van der Waals surface area contributed by atoms with E-state index in [2.05, 4.69) is 5.32 Å². The number of hydrogen-bond donors (Lipinski definition) is 1. The van der Waals surface area contributed by atoms with Crippen LogP contribution in [0.2, 0.25) is 5.02 Å². The number of carbonyl (C=O) groups excluding carboxylic acids is 2. The maximum Gasteiger partial charge on any atom is 0.243 e. The number of hydrogen-bond acceptors (Lipinski definition) is 3. The number of nitrogens with one attached hydrogen (secondary N) is 1. The fourth-order valence-corrected chi connectivity index (χ4v) is 3.27. The second-order valence-electron chi connectivity index (χ2n) is 7.26. The summed E-state index contributed by atoms with van der Waals surface area (Å²) in [6.45, 7) is 6.06. The standard InChI is InChI=1S/C23H29ClN2O3/c1-5-21(23(28)25-16(2)3)26(15-18-7-6-8-20(13-18)29-4)22(27)14-17-9-11-19(24)12-10-17/h6-13,16,21H,5,14-15H2,1-4H3,(H,25,28)/t21-/m1/s1. The third kappa shape index (κ3) is 6.79. The number of benzene rings is 2. The van der Waals surface area contributed by atoms with Gasteiger partial charge in [-0.1, -0.05) is 42.8 Å². The molecule has 6 heteroatoms. The van der Waals surface area contributed by atoms with E-state index in [-0.39, 0.29) is 24.3 Å². The second kappa shape index (κ2) is 10.9. The summed E-state index contributed by atoms with van der Waals surface area (Å²) in [5, 5.41) is 3.56. The zero-order chi connectivity index (χ0) is 21.4. The van der Waals surface area contributed by atoms with Crippen LogP contribution in [0.15, 0.2) is 48.5 Å². The zero-order valence-electron chi connectivity index (χ0n) is 17.4. The summed E-state index contributed by atoms with van der Waals surface area (Å²) < 4.78 is 5.30. The molecule has 1 N–H and O–H groups in total. The van der Waals surface area contributed by atoms with Crippen LogP contribution >= 0.6 is 11.6 Å². The van der Waals surface area contributed by atoms with Crippen molar-refractivity contribution >= 4 is 23.4 Å². The minimum atomic E-state index is -0.552. The summed E-state index contributed by atoms with van der Waals surface area (Å²) in [7, 11) is 1.60. The number of amides is 2. The summed E-state index contributed by atoms with van der Waals surface area (Å²) >= 11 is 5.95. The lowest BCUT2D eigenvalue weighted by molar-refractivity contribution is -0.141. The van der Waals surface area contributed by atoms with Crippen LogP contribution in [0.4, 0.5) is 0 Å². The van der Waals surface area contributed by atoms with Gasteiger partial charge < -0.3 is 15.0 Å². The SMILES string of the molecule is CC[C@H](C(=O)NC(C)C)N(Cc1cccc(OC)c1)C(=O)Cc1ccc(Cl)cc1. The Labute approximate surface area is 178 Å². The molecule has 0 radical (unpaired) electrons. The minimum Gasteiger partial charge on any atom is -0.497 e. The van der Waals surface area contributed by atoms with Gasteiger partial charge in [-0.25, -0.2) is 0 Å². The van der Waals surface area contributed by atoms with E-state index in [4.69, 9.17) is 16.3 Å². The summed E-state index contributed by atoms with van der Waals surface area (Å²) in [6.07, 6.45) is 0.724. The van der Waals surface area contributed by atoms with E-state index in [1.807, 2.05) is 57.2 Å². The van der Waals surface area contributed by atoms with Crippen LogP contribution in [-0.2, 0) is 22.6 Å². The Morgan fingerprint density at radius 3 is 2.38 bits per heavy atom. The molecular weight excluding hydrogens is 388 g/mol. The molecule has 0 aliphatic carbocycles. The molecular formula is C23H29ClN2O3. The van der Waals surface area contributed by atoms with Crippen molar-refractivity contribution in [3.63, 3.8) is 0 Å². The summed E-state index contributed by atoms with van der Waals surface area (Å²) in [4.78, 5) is 27.7. The Morgan fingerprint density at radius 2 is 1.79 bits per heavy atom. The quantitative estimate of drug-likeness (QED) is 0.665. The van der Waals surface area contributed by atoms with E-state index < -0.39 is 6.04 Å². The normalized spacial score (nSPS) is 11.8. The number of methoxy groups -OCH3 is 1. The van der Waals surface area contributed by atoms with Crippen LogP contribution in [-0.4, -0.2) is 35.9 Å². The Hall–Kier alpha value is -2.53. The molecule has 0 saturated carbocycles.